The highest BCUT2D eigenvalue weighted by molar-refractivity contribution is 7.27. The fourth-order valence-corrected chi connectivity index (χ4v) is 13.1. The molecule has 65 heavy (non-hydrogen) atoms. The van der Waals surface area contributed by atoms with Gasteiger partial charge in [0.1, 0.15) is 0 Å². The van der Waals surface area contributed by atoms with Crippen molar-refractivity contribution < 1.29 is 0 Å². The van der Waals surface area contributed by atoms with Crippen LogP contribution >= 0.6 is 22.7 Å². The molecule has 0 spiro atoms. The van der Waals surface area contributed by atoms with Crippen LogP contribution in [0.4, 0.5) is 28.4 Å². The summed E-state index contributed by atoms with van der Waals surface area (Å²) in [7, 11) is 0. The molecule has 0 amide bonds. The Labute approximate surface area is 391 Å². The predicted octanol–water partition coefficient (Wildman–Crippen LogP) is 16.7. The van der Waals surface area contributed by atoms with Gasteiger partial charge in [0.25, 0.3) is 0 Å². The van der Waals surface area contributed by atoms with Gasteiger partial charge in [-0.15, -0.1) is 22.7 Å². The summed E-state index contributed by atoms with van der Waals surface area (Å²) in [6.45, 7) is 20.9. The summed E-state index contributed by atoms with van der Waals surface area (Å²) in [4.78, 5) is 5.40. The molecule has 0 bridgehead atoms. The molecule has 4 heterocycles. The van der Waals surface area contributed by atoms with Gasteiger partial charge < -0.3 is 9.71 Å². The quantitative estimate of drug-likeness (QED) is 0.163. The number of hydrogen-bond acceptors (Lipinski definition) is 4. The molecule has 2 nitrogen and oxygen atoms in total. The topological polar surface area (TPSA) is 6.48 Å². The molecule has 2 aromatic heterocycles. The molecule has 318 valence electrons. The van der Waals surface area contributed by atoms with Gasteiger partial charge in [0, 0.05) is 69.4 Å². The monoisotopic (exact) mass is 876 g/mol. The minimum atomic E-state index is -0.104. The average Bonchev–Trinajstić information content (AvgIpc) is 3.86. The zero-order valence-electron chi connectivity index (χ0n) is 38.8. The van der Waals surface area contributed by atoms with Gasteiger partial charge in [-0.2, -0.15) is 0 Å². The van der Waals surface area contributed by atoms with Crippen molar-refractivity contribution in [2.45, 2.75) is 78.6 Å². The van der Waals surface area contributed by atoms with Crippen molar-refractivity contribution in [3.05, 3.63) is 174 Å². The Balaban J connectivity index is 1.28. The largest absolute Gasteiger partial charge is 0.376 e. The third-order valence-electron chi connectivity index (χ3n) is 14.1. The van der Waals surface area contributed by atoms with Crippen LogP contribution in [0.3, 0.4) is 0 Å². The molecule has 0 fully saturated rings. The Morgan fingerprint density at radius 2 is 1.02 bits per heavy atom. The van der Waals surface area contributed by atoms with Crippen LogP contribution in [0.25, 0.3) is 62.6 Å². The molecule has 0 saturated heterocycles. The number of anilines is 5. The number of fused-ring (bicyclic) bond motifs is 12. The summed E-state index contributed by atoms with van der Waals surface area (Å²) in [5, 5.41) is 5.25. The smallest absolute Gasteiger partial charge is 0.333 e. The van der Waals surface area contributed by atoms with Crippen LogP contribution in [0, 0.1) is 0 Å². The highest BCUT2D eigenvalue weighted by Gasteiger charge is 2.47. The number of nitrogens with zero attached hydrogens (tertiary/aromatic N) is 2. The number of benzene rings is 8. The van der Waals surface area contributed by atoms with E-state index < -0.39 is 0 Å². The first kappa shape index (κ1) is 40.4. The van der Waals surface area contributed by atoms with Crippen LogP contribution in [0.15, 0.2) is 158 Å². The molecule has 0 saturated carbocycles. The van der Waals surface area contributed by atoms with Gasteiger partial charge in [-0.3, -0.25) is 0 Å². The molecule has 2 aliphatic heterocycles. The van der Waals surface area contributed by atoms with E-state index in [0.717, 1.165) is 0 Å². The first-order valence-corrected chi connectivity index (χ1v) is 24.8. The van der Waals surface area contributed by atoms with Gasteiger partial charge >= 0.3 is 6.85 Å². The molecule has 0 radical (unpaired) electrons. The second-order valence-electron chi connectivity index (χ2n) is 21.4. The third kappa shape index (κ3) is 6.19. The molecule has 8 aromatic carbocycles. The first-order valence-electron chi connectivity index (χ1n) is 23.1. The summed E-state index contributed by atoms with van der Waals surface area (Å²) in [6.07, 6.45) is 0. The average molecular weight is 877 g/mol. The maximum absolute atomic E-state index is 2.71. The fraction of sp³-hybridized carbons (Fsp3) is 0.200. The Kier molecular flexibility index (Phi) is 8.81. The molecular formula is C60H53BN2S2. The highest BCUT2D eigenvalue weighted by Crippen LogP contribution is 2.55. The van der Waals surface area contributed by atoms with Gasteiger partial charge in [-0.25, -0.2) is 0 Å². The second-order valence-corrected chi connectivity index (χ2v) is 23.5. The lowest BCUT2D eigenvalue weighted by atomic mass is 9.43. The van der Waals surface area contributed by atoms with E-state index in [4.69, 9.17) is 0 Å². The summed E-state index contributed by atoms with van der Waals surface area (Å²) in [6, 6.07) is 60.7. The molecule has 12 rings (SSSR count). The summed E-state index contributed by atoms with van der Waals surface area (Å²) in [5.41, 5.74) is 18.0. The molecule has 0 atom stereocenters. The lowest BCUT2D eigenvalue weighted by Gasteiger charge is -2.46. The number of rotatable bonds is 3. The van der Waals surface area contributed by atoms with E-state index in [0.29, 0.717) is 0 Å². The molecule has 0 aliphatic carbocycles. The minimum absolute atomic E-state index is 0.0297. The Morgan fingerprint density at radius 1 is 0.431 bits per heavy atom. The third-order valence-corrected chi connectivity index (χ3v) is 16.5. The van der Waals surface area contributed by atoms with Crippen LogP contribution in [-0.4, -0.2) is 6.85 Å². The van der Waals surface area contributed by atoms with Crippen LogP contribution in [0.1, 0.15) is 79.0 Å². The lowest BCUT2D eigenvalue weighted by molar-refractivity contribution is 0.590. The van der Waals surface area contributed by atoms with Crippen molar-refractivity contribution in [2.24, 2.45) is 0 Å². The SMILES string of the molecule is CC(C)(C)c1ccc(N2B3c4ccc5c(sc6ccccc65)c4N(c4ccc(C(C)(C)C)cc4-c4ccccc4)c4cc5c(sc6ccccc65)c(c43)-c3ccc(C(C)(C)C)cc32)cc1. The van der Waals surface area contributed by atoms with Crippen molar-refractivity contribution in [2.75, 3.05) is 9.71 Å². The van der Waals surface area contributed by atoms with Crippen molar-refractivity contribution in [3.8, 4) is 22.3 Å². The summed E-state index contributed by atoms with van der Waals surface area (Å²) < 4.78 is 5.31. The maximum Gasteiger partial charge on any atom is 0.333 e. The van der Waals surface area contributed by atoms with E-state index in [2.05, 4.69) is 230 Å². The zero-order chi connectivity index (χ0) is 44.7. The van der Waals surface area contributed by atoms with E-state index in [-0.39, 0.29) is 23.1 Å². The molecule has 5 heteroatoms. The van der Waals surface area contributed by atoms with Crippen LogP contribution in [-0.2, 0) is 16.2 Å². The molecule has 0 N–H and O–H groups in total. The maximum atomic E-state index is 2.71. The van der Waals surface area contributed by atoms with Crippen molar-refractivity contribution >= 4 is 109 Å². The van der Waals surface area contributed by atoms with Crippen molar-refractivity contribution in [3.63, 3.8) is 0 Å². The van der Waals surface area contributed by atoms with E-state index in [1.165, 1.54) is 119 Å². The highest BCUT2D eigenvalue weighted by atomic mass is 32.1. The van der Waals surface area contributed by atoms with Crippen LogP contribution < -0.4 is 20.6 Å². The van der Waals surface area contributed by atoms with Crippen molar-refractivity contribution in [1.82, 2.24) is 0 Å². The Morgan fingerprint density at radius 3 is 1.69 bits per heavy atom. The van der Waals surface area contributed by atoms with Gasteiger partial charge in [-0.05, 0) is 98.0 Å². The summed E-state index contributed by atoms with van der Waals surface area (Å²) in [5.74, 6) is 0. The van der Waals surface area contributed by atoms with Gasteiger partial charge in [0.05, 0.1) is 16.1 Å². The van der Waals surface area contributed by atoms with Crippen molar-refractivity contribution in [1.29, 1.82) is 0 Å². The molecular weight excluding hydrogens is 824 g/mol. The molecule has 0 unspecified atom stereocenters. The second kappa shape index (κ2) is 14.2. The lowest BCUT2D eigenvalue weighted by Crippen LogP contribution is -2.61. The molecule has 10 aromatic rings. The fourth-order valence-electron chi connectivity index (χ4n) is 10.6. The minimum Gasteiger partial charge on any atom is -0.376 e. The van der Waals surface area contributed by atoms with E-state index in [9.17, 15) is 0 Å². The van der Waals surface area contributed by atoms with Gasteiger partial charge in [-0.1, -0.05) is 172 Å². The predicted molar refractivity (Wildman–Crippen MR) is 287 cm³/mol. The van der Waals surface area contributed by atoms with Crippen LogP contribution in [0.2, 0.25) is 0 Å². The normalized spacial score (nSPS) is 13.8. The van der Waals surface area contributed by atoms with E-state index in [1.807, 2.05) is 22.7 Å². The first-order chi connectivity index (χ1) is 31.1. The summed E-state index contributed by atoms with van der Waals surface area (Å²) >= 11 is 3.89. The Hall–Kier alpha value is -6.14. The zero-order valence-corrected chi connectivity index (χ0v) is 40.4. The number of hydrogen-bond donors (Lipinski definition) is 0. The standard InChI is InChI=1S/C60H53BN2S2/c1-58(2,3)37-23-27-40(28-24-37)63-49-34-39(60(7,8)9)25-29-44(49)53-54-50(35-46-42-20-14-16-22-52(42)64-56(46)53)62(48-32-26-38(59(4,5)6)33-45(48)36-17-11-10-12-18-36)55-47(61(54)63)31-30-43-41-19-13-15-21-51(41)65-57(43)55/h10-35H,1-9H3. The van der Waals surface area contributed by atoms with Crippen LogP contribution in [0.5, 0.6) is 0 Å². The Bertz CT molecular complexity index is 3560. The van der Waals surface area contributed by atoms with Gasteiger partial charge in [0.2, 0.25) is 0 Å². The molecule has 2 aliphatic rings. The number of thiophene rings is 2. The van der Waals surface area contributed by atoms with E-state index in [1.54, 1.807) is 0 Å². The van der Waals surface area contributed by atoms with E-state index >= 15 is 0 Å². The van der Waals surface area contributed by atoms with Gasteiger partial charge in [0.15, 0.2) is 0 Å².